The zero-order valence-electron chi connectivity index (χ0n) is 15.3. The number of anilines is 1. The van der Waals surface area contributed by atoms with E-state index in [1.807, 2.05) is 12.4 Å². The number of carbonyl (C=O) groups is 1. The standard InChI is InChI=1S/C19H18N4O4S/c1-22-16(11-18(24)20-13-6-8-17(27-2)9-7-13)12-28-19(22)21-14-4-3-5-15(10-14)23(25)26/h3-10,12H,11H2,1-2H3,(H,20,24). The molecule has 9 heteroatoms. The Bertz CT molecular complexity index is 1070. The second kappa shape index (κ2) is 8.49. The number of nitro groups is 1. The number of nitrogens with zero attached hydrogens (tertiary/aromatic N) is 3. The van der Waals surface area contributed by atoms with Gasteiger partial charge in [0.15, 0.2) is 4.80 Å². The number of ether oxygens (including phenoxy) is 1. The molecular weight excluding hydrogens is 380 g/mol. The molecule has 0 radical (unpaired) electrons. The second-order valence-corrected chi connectivity index (χ2v) is 6.75. The SMILES string of the molecule is COc1ccc(NC(=O)Cc2csc(=Nc3cccc([N+](=O)[O-])c3)n2C)cc1. The van der Waals surface area contributed by atoms with Crippen molar-refractivity contribution < 1.29 is 14.5 Å². The molecule has 1 heterocycles. The first-order valence-corrected chi connectivity index (χ1v) is 9.20. The van der Waals surface area contributed by atoms with Gasteiger partial charge in [0.1, 0.15) is 5.75 Å². The Hall–Kier alpha value is -3.46. The van der Waals surface area contributed by atoms with Crippen LogP contribution < -0.4 is 14.9 Å². The number of hydrogen-bond donors (Lipinski definition) is 1. The summed E-state index contributed by atoms with van der Waals surface area (Å²) < 4.78 is 6.90. The molecular formula is C19H18N4O4S. The number of methoxy groups -OCH3 is 1. The molecule has 0 saturated carbocycles. The van der Waals surface area contributed by atoms with Crippen molar-refractivity contribution >= 4 is 34.3 Å². The van der Waals surface area contributed by atoms with Gasteiger partial charge in [-0.1, -0.05) is 6.07 Å². The summed E-state index contributed by atoms with van der Waals surface area (Å²) >= 11 is 1.37. The Morgan fingerprint density at radius 2 is 2.04 bits per heavy atom. The molecule has 0 fully saturated rings. The Balaban J connectivity index is 1.74. The van der Waals surface area contributed by atoms with E-state index in [2.05, 4.69) is 10.3 Å². The van der Waals surface area contributed by atoms with Crippen molar-refractivity contribution in [2.45, 2.75) is 6.42 Å². The quantitative estimate of drug-likeness (QED) is 0.508. The summed E-state index contributed by atoms with van der Waals surface area (Å²) in [6.45, 7) is 0. The average Bonchev–Trinajstić information content (AvgIpc) is 3.02. The number of non-ortho nitro benzene ring substituents is 1. The zero-order valence-corrected chi connectivity index (χ0v) is 16.1. The van der Waals surface area contributed by atoms with E-state index in [9.17, 15) is 14.9 Å². The van der Waals surface area contributed by atoms with Crippen LogP contribution in [-0.4, -0.2) is 22.5 Å². The lowest BCUT2D eigenvalue weighted by atomic mass is 10.2. The first kappa shape index (κ1) is 19.3. The Morgan fingerprint density at radius 3 is 2.71 bits per heavy atom. The summed E-state index contributed by atoms with van der Waals surface area (Å²) in [6.07, 6.45) is 0.184. The smallest absolute Gasteiger partial charge is 0.271 e. The summed E-state index contributed by atoms with van der Waals surface area (Å²) in [4.78, 5) is 27.8. The second-order valence-electron chi connectivity index (χ2n) is 5.91. The normalized spacial score (nSPS) is 11.3. The zero-order chi connectivity index (χ0) is 20.1. The van der Waals surface area contributed by atoms with E-state index in [4.69, 9.17) is 4.74 Å². The van der Waals surface area contributed by atoms with Crippen LogP contribution >= 0.6 is 11.3 Å². The fraction of sp³-hybridized carbons (Fsp3) is 0.158. The molecule has 0 bridgehead atoms. The van der Waals surface area contributed by atoms with E-state index < -0.39 is 4.92 Å². The lowest BCUT2D eigenvalue weighted by molar-refractivity contribution is -0.384. The molecule has 0 aliphatic carbocycles. The maximum atomic E-state index is 12.3. The monoisotopic (exact) mass is 398 g/mol. The third-order valence-electron chi connectivity index (χ3n) is 4.00. The minimum atomic E-state index is -0.456. The maximum absolute atomic E-state index is 12.3. The van der Waals surface area contributed by atoms with Gasteiger partial charge in [0.05, 0.1) is 24.1 Å². The van der Waals surface area contributed by atoms with Crippen LogP contribution in [0.5, 0.6) is 5.75 Å². The van der Waals surface area contributed by atoms with Crippen molar-refractivity contribution in [2.75, 3.05) is 12.4 Å². The molecule has 0 atom stereocenters. The van der Waals surface area contributed by atoms with Crippen molar-refractivity contribution in [2.24, 2.45) is 12.0 Å². The molecule has 1 amide bonds. The summed E-state index contributed by atoms with van der Waals surface area (Å²) in [5.74, 6) is 0.565. The van der Waals surface area contributed by atoms with E-state index in [1.165, 1.54) is 23.5 Å². The molecule has 1 aromatic heterocycles. The van der Waals surface area contributed by atoms with Gasteiger partial charge < -0.3 is 14.6 Å². The summed E-state index contributed by atoms with van der Waals surface area (Å²) in [6, 6.07) is 13.2. The van der Waals surface area contributed by atoms with Gasteiger partial charge in [-0.05, 0) is 30.3 Å². The van der Waals surface area contributed by atoms with Crippen LogP contribution in [0.3, 0.4) is 0 Å². The van der Waals surface area contributed by atoms with Crippen LogP contribution in [0.1, 0.15) is 5.69 Å². The number of amides is 1. The Labute approximate surface area is 164 Å². The van der Waals surface area contributed by atoms with Gasteiger partial charge in [-0.25, -0.2) is 4.99 Å². The third-order valence-corrected chi connectivity index (χ3v) is 4.96. The van der Waals surface area contributed by atoms with Gasteiger partial charge in [0.2, 0.25) is 5.91 Å². The molecule has 28 heavy (non-hydrogen) atoms. The van der Waals surface area contributed by atoms with Gasteiger partial charge in [0.25, 0.3) is 5.69 Å². The lowest BCUT2D eigenvalue weighted by Gasteiger charge is -2.07. The van der Waals surface area contributed by atoms with Crippen molar-refractivity contribution in [1.29, 1.82) is 0 Å². The van der Waals surface area contributed by atoms with Crippen LogP contribution in [0.2, 0.25) is 0 Å². The molecule has 0 aliphatic rings. The molecule has 144 valence electrons. The van der Waals surface area contributed by atoms with Crippen LogP contribution in [0, 0.1) is 10.1 Å². The Kier molecular flexibility index (Phi) is 5.85. The fourth-order valence-electron chi connectivity index (χ4n) is 2.49. The minimum absolute atomic E-state index is 0.0143. The van der Waals surface area contributed by atoms with E-state index in [0.717, 1.165) is 11.4 Å². The fourth-order valence-corrected chi connectivity index (χ4v) is 3.41. The number of carbonyl (C=O) groups excluding carboxylic acids is 1. The highest BCUT2D eigenvalue weighted by Crippen LogP contribution is 2.19. The van der Waals surface area contributed by atoms with Crippen LogP contribution in [0.25, 0.3) is 0 Å². The number of rotatable bonds is 6. The van der Waals surface area contributed by atoms with E-state index in [1.54, 1.807) is 48.1 Å². The van der Waals surface area contributed by atoms with Crippen LogP contribution in [0.4, 0.5) is 17.1 Å². The highest BCUT2D eigenvalue weighted by atomic mass is 32.1. The lowest BCUT2D eigenvalue weighted by Crippen LogP contribution is -2.19. The molecule has 3 aromatic rings. The number of hydrogen-bond acceptors (Lipinski definition) is 6. The first-order chi connectivity index (χ1) is 13.5. The molecule has 0 spiro atoms. The Morgan fingerprint density at radius 1 is 1.29 bits per heavy atom. The highest BCUT2D eigenvalue weighted by molar-refractivity contribution is 7.07. The van der Waals surface area contributed by atoms with E-state index in [0.29, 0.717) is 16.2 Å². The molecule has 3 rings (SSSR count). The third kappa shape index (κ3) is 4.63. The van der Waals surface area contributed by atoms with E-state index >= 15 is 0 Å². The summed E-state index contributed by atoms with van der Waals surface area (Å²) in [5.41, 5.74) is 1.95. The average molecular weight is 398 g/mol. The van der Waals surface area contributed by atoms with Gasteiger partial charge >= 0.3 is 0 Å². The van der Waals surface area contributed by atoms with Crippen molar-refractivity contribution in [3.05, 3.63) is 74.5 Å². The highest BCUT2D eigenvalue weighted by Gasteiger charge is 2.10. The predicted molar refractivity (Wildman–Crippen MR) is 107 cm³/mol. The molecule has 2 aromatic carbocycles. The largest absolute Gasteiger partial charge is 0.497 e. The van der Waals surface area contributed by atoms with Gasteiger partial charge in [-0.3, -0.25) is 14.9 Å². The van der Waals surface area contributed by atoms with Crippen molar-refractivity contribution in [1.82, 2.24) is 4.57 Å². The topological polar surface area (TPSA) is 98.8 Å². The van der Waals surface area contributed by atoms with Crippen LogP contribution in [0.15, 0.2) is 58.9 Å². The first-order valence-electron chi connectivity index (χ1n) is 8.33. The van der Waals surface area contributed by atoms with Gasteiger partial charge in [-0.2, -0.15) is 0 Å². The van der Waals surface area contributed by atoms with Crippen molar-refractivity contribution in [3.63, 3.8) is 0 Å². The molecule has 0 aliphatic heterocycles. The minimum Gasteiger partial charge on any atom is -0.497 e. The van der Waals surface area contributed by atoms with Gasteiger partial charge in [0, 0.05) is 35.9 Å². The van der Waals surface area contributed by atoms with E-state index in [-0.39, 0.29) is 18.0 Å². The summed E-state index contributed by atoms with van der Waals surface area (Å²) in [5, 5.41) is 15.6. The molecule has 8 nitrogen and oxygen atoms in total. The number of aromatic nitrogens is 1. The molecule has 1 N–H and O–H groups in total. The predicted octanol–water partition coefficient (Wildman–Crippen LogP) is 3.42. The van der Waals surface area contributed by atoms with Gasteiger partial charge in [-0.15, -0.1) is 11.3 Å². The molecule has 0 unspecified atom stereocenters. The number of nitro benzene ring substituents is 1. The number of nitrogens with one attached hydrogen (secondary N) is 1. The maximum Gasteiger partial charge on any atom is 0.271 e. The summed E-state index contributed by atoms with van der Waals surface area (Å²) in [7, 11) is 3.39. The number of benzene rings is 2. The van der Waals surface area contributed by atoms with Crippen molar-refractivity contribution in [3.8, 4) is 5.75 Å². The van der Waals surface area contributed by atoms with Crippen LogP contribution in [-0.2, 0) is 18.3 Å². The molecule has 0 saturated heterocycles. The number of thiazole rings is 1.